The predicted octanol–water partition coefficient (Wildman–Crippen LogP) is 5.48. The van der Waals surface area contributed by atoms with Gasteiger partial charge in [-0.15, -0.1) is 0 Å². The summed E-state index contributed by atoms with van der Waals surface area (Å²) < 4.78 is 20.2. The SMILES string of the molecule is Cc1ccc(C)c(CC2CON=C(c3cc(C)ncc3Oc3cccc(Cl)c3F)N2)c1. The maximum atomic E-state index is 14.4. The monoisotopic (exact) mass is 439 g/mol. The summed E-state index contributed by atoms with van der Waals surface area (Å²) in [5, 5.41) is 7.62. The molecule has 3 aromatic rings. The van der Waals surface area contributed by atoms with E-state index in [0.717, 1.165) is 12.1 Å². The molecular formula is C24H23ClFN3O2. The van der Waals surface area contributed by atoms with Gasteiger partial charge in [-0.25, -0.2) is 4.39 Å². The van der Waals surface area contributed by atoms with E-state index in [1.165, 1.54) is 28.8 Å². The van der Waals surface area contributed by atoms with E-state index in [1.807, 2.05) is 13.0 Å². The minimum atomic E-state index is -0.627. The van der Waals surface area contributed by atoms with Crippen LogP contribution < -0.4 is 10.1 Å². The van der Waals surface area contributed by atoms with E-state index in [-0.39, 0.29) is 16.8 Å². The van der Waals surface area contributed by atoms with E-state index in [9.17, 15) is 4.39 Å². The second-order valence-electron chi connectivity index (χ2n) is 7.69. The van der Waals surface area contributed by atoms with Crippen molar-refractivity contribution in [3.63, 3.8) is 0 Å². The normalized spacial score (nSPS) is 15.6. The maximum Gasteiger partial charge on any atom is 0.184 e. The summed E-state index contributed by atoms with van der Waals surface area (Å²) in [5.74, 6) is 0.264. The number of benzene rings is 2. The summed E-state index contributed by atoms with van der Waals surface area (Å²) >= 11 is 5.89. The van der Waals surface area contributed by atoms with Crippen molar-refractivity contribution in [1.29, 1.82) is 0 Å². The van der Waals surface area contributed by atoms with Gasteiger partial charge in [-0.05, 0) is 56.5 Å². The zero-order valence-electron chi connectivity index (χ0n) is 17.6. The zero-order chi connectivity index (χ0) is 22.0. The summed E-state index contributed by atoms with van der Waals surface area (Å²) in [6, 6.07) is 12.9. The molecule has 1 atom stereocenters. The molecule has 0 saturated carbocycles. The van der Waals surface area contributed by atoms with Crippen molar-refractivity contribution >= 4 is 17.4 Å². The minimum Gasteiger partial charge on any atom is -0.452 e. The van der Waals surface area contributed by atoms with E-state index in [0.29, 0.717) is 23.8 Å². The van der Waals surface area contributed by atoms with Crippen LogP contribution in [-0.4, -0.2) is 23.5 Å². The van der Waals surface area contributed by atoms with Gasteiger partial charge in [-0.1, -0.05) is 46.6 Å². The highest BCUT2D eigenvalue weighted by atomic mass is 35.5. The molecule has 4 rings (SSSR count). The Morgan fingerprint density at radius 1 is 1.16 bits per heavy atom. The molecule has 1 aliphatic heterocycles. The Hall–Kier alpha value is -3.12. The van der Waals surface area contributed by atoms with Crippen LogP contribution in [0.4, 0.5) is 4.39 Å². The molecule has 160 valence electrons. The van der Waals surface area contributed by atoms with Crippen LogP contribution in [0.2, 0.25) is 5.02 Å². The zero-order valence-corrected chi connectivity index (χ0v) is 18.3. The van der Waals surface area contributed by atoms with Crippen LogP contribution in [0.5, 0.6) is 11.5 Å². The van der Waals surface area contributed by atoms with Crippen LogP contribution in [0.1, 0.15) is 27.9 Å². The average Bonchev–Trinajstić information content (AvgIpc) is 2.75. The molecule has 31 heavy (non-hydrogen) atoms. The number of hydrogen-bond donors (Lipinski definition) is 1. The fourth-order valence-electron chi connectivity index (χ4n) is 3.47. The molecular weight excluding hydrogens is 417 g/mol. The van der Waals surface area contributed by atoms with Crippen LogP contribution in [0.15, 0.2) is 53.8 Å². The average molecular weight is 440 g/mol. The number of hydrogen-bond acceptors (Lipinski definition) is 5. The Morgan fingerprint density at radius 2 is 2.00 bits per heavy atom. The molecule has 0 spiro atoms. The lowest BCUT2D eigenvalue weighted by Gasteiger charge is -2.26. The van der Waals surface area contributed by atoms with Gasteiger partial charge in [-0.3, -0.25) is 4.98 Å². The maximum absolute atomic E-state index is 14.4. The first kappa shape index (κ1) is 21.1. The van der Waals surface area contributed by atoms with E-state index >= 15 is 0 Å². The van der Waals surface area contributed by atoms with Crippen molar-refractivity contribution in [3.05, 3.63) is 87.4 Å². The van der Waals surface area contributed by atoms with E-state index < -0.39 is 5.82 Å². The predicted molar refractivity (Wildman–Crippen MR) is 119 cm³/mol. The number of nitrogens with one attached hydrogen (secondary N) is 1. The molecule has 0 radical (unpaired) electrons. The van der Waals surface area contributed by atoms with Crippen molar-refractivity contribution in [2.75, 3.05) is 6.61 Å². The van der Waals surface area contributed by atoms with Crippen molar-refractivity contribution < 1.29 is 14.0 Å². The van der Waals surface area contributed by atoms with Gasteiger partial charge in [0.1, 0.15) is 6.61 Å². The highest BCUT2D eigenvalue weighted by Gasteiger charge is 2.23. The van der Waals surface area contributed by atoms with Crippen LogP contribution in [0, 0.1) is 26.6 Å². The number of nitrogens with zero attached hydrogens (tertiary/aromatic N) is 2. The lowest BCUT2D eigenvalue weighted by Crippen LogP contribution is -2.43. The highest BCUT2D eigenvalue weighted by Crippen LogP contribution is 2.31. The quantitative estimate of drug-likeness (QED) is 0.571. The first-order chi connectivity index (χ1) is 14.9. The van der Waals surface area contributed by atoms with Crippen molar-refractivity contribution in [2.45, 2.75) is 33.2 Å². The van der Waals surface area contributed by atoms with Gasteiger partial charge in [0.05, 0.1) is 22.8 Å². The number of rotatable bonds is 5. The molecule has 1 aliphatic rings. The van der Waals surface area contributed by atoms with E-state index in [2.05, 4.69) is 47.5 Å². The molecule has 5 nitrogen and oxygen atoms in total. The van der Waals surface area contributed by atoms with Gasteiger partial charge in [0.25, 0.3) is 0 Å². The molecule has 0 fully saturated rings. The first-order valence-electron chi connectivity index (χ1n) is 10.0. The fraction of sp³-hybridized carbons (Fsp3) is 0.250. The van der Waals surface area contributed by atoms with Crippen molar-refractivity contribution in [1.82, 2.24) is 10.3 Å². The summed E-state index contributed by atoms with van der Waals surface area (Å²) in [5.41, 5.74) is 5.12. The Labute approximate surface area is 185 Å². The smallest absolute Gasteiger partial charge is 0.184 e. The van der Waals surface area contributed by atoms with Crippen LogP contribution in [0.25, 0.3) is 0 Å². The topological polar surface area (TPSA) is 55.7 Å². The number of oxime groups is 1. The number of ether oxygens (including phenoxy) is 1. The molecule has 0 amide bonds. The molecule has 2 aromatic carbocycles. The number of aryl methyl sites for hydroxylation is 3. The lowest BCUT2D eigenvalue weighted by molar-refractivity contribution is 0.109. The van der Waals surface area contributed by atoms with Gasteiger partial charge in [0.2, 0.25) is 0 Å². The Bertz CT molecular complexity index is 1150. The third-order valence-corrected chi connectivity index (χ3v) is 5.43. The lowest BCUT2D eigenvalue weighted by atomic mass is 9.99. The summed E-state index contributed by atoms with van der Waals surface area (Å²) in [4.78, 5) is 9.82. The van der Waals surface area contributed by atoms with Gasteiger partial charge < -0.3 is 14.9 Å². The third kappa shape index (κ3) is 4.80. The van der Waals surface area contributed by atoms with Crippen LogP contribution >= 0.6 is 11.6 Å². The van der Waals surface area contributed by atoms with Gasteiger partial charge in [-0.2, -0.15) is 0 Å². The Kier molecular flexibility index (Phi) is 6.09. The number of pyridine rings is 1. The van der Waals surface area contributed by atoms with Crippen molar-refractivity contribution in [2.24, 2.45) is 5.16 Å². The largest absolute Gasteiger partial charge is 0.452 e. The number of aromatic nitrogens is 1. The Morgan fingerprint density at radius 3 is 2.84 bits per heavy atom. The van der Waals surface area contributed by atoms with Crippen LogP contribution in [0.3, 0.4) is 0 Å². The van der Waals surface area contributed by atoms with Gasteiger partial charge in [0.15, 0.2) is 23.2 Å². The molecule has 7 heteroatoms. The van der Waals surface area contributed by atoms with Crippen LogP contribution in [-0.2, 0) is 11.3 Å². The third-order valence-electron chi connectivity index (χ3n) is 5.14. The summed E-state index contributed by atoms with van der Waals surface area (Å²) in [6.45, 7) is 6.50. The summed E-state index contributed by atoms with van der Waals surface area (Å²) in [7, 11) is 0. The number of amidine groups is 1. The first-order valence-corrected chi connectivity index (χ1v) is 10.4. The van der Waals surface area contributed by atoms with E-state index in [4.69, 9.17) is 21.2 Å². The molecule has 0 aliphatic carbocycles. The molecule has 0 saturated heterocycles. The second kappa shape index (κ2) is 8.94. The fourth-order valence-corrected chi connectivity index (χ4v) is 3.64. The minimum absolute atomic E-state index is 0.0100. The molecule has 1 aromatic heterocycles. The van der Waals surface area contributed by atoms with Gasteiger partial charge >= 0.3 is 0 Å². The highest BCUT2D eigenvalue weighted by molar-refractivity contribution is 6.30. The summed E-state index contributed by atoms with van der Waals surface area (Å²) in [6.07, 6.45) is 2.33. The number of halogens is 2. The second-order valence-corrected chi connectivity index (χ2v) is 8.09. The standard InChI is InChI=1S/C24H23ClFN3O2/c1-14-7-8-15(2)17(9-14)11-18-13-30-29-24(28-18)19-10-16(3)27-12-22(19)31-21-6-4-5-20(25)23(21)26/h4-10,12,18H,11,13H2,1-3H3,(H,28,29). The molecule has 2 heterocycles. The van der Waals surface area contributed by atoms with Gasteiger partial charge in [0, 0.05) is 5.69 Å². The molecule has 1 unspecified atom stereocenters. The molecule has 0 bridgehead atoms. The molecule has 1 N–H and O–H groups in total. The van der Waals surface area contributed by atoms with E-state index in [1.54, 1.807) is 12.3 Å². The Balaban J connectivity index is 1.60. The van der Waals surface area contributed by atoms with Crippen molar-refractivity contribution in [3.8, 4) is 11.5 Å².